The molecule has 0 bridgehead atoms. The fourth-order valence-electron chi connectivity index (χ4n) is 3.43. The summed E-state index contributed by atoms with van der Waals surface area (Å²) in [6.45, 7) is 1.47. The van der Waals surface area contributed by atoms with Gasteiger partial charge in [-0.1, -0.05) is 0 Å². The van der Waals surface area contributed by atoms with Gasteiger partial charge in [0.15, 0.2) is 6.10 Å². The quantitative estimate of drug-likeness (QED) is 0.513. The van der Waals surface area contributed by atoms with Gasteiger partial charge in [0.2, 0.25) is 0 Å². The molecule has 142 valence electrons. The summed E-state index contributed by atoms with van der Waals surface area (Å²) in [5.41, 5.74) is 0.631. The Balaban J connectivity index is 1.93. The van der Waals surface area contributed by atoms with E-state index in [-0.39, 0.29) is 23.6 Å². The number of carbonyl (C=O) groups excluding carboxylic acids is 3. The number of aliphatic carboxylic acids is 1. The Morgan fingerprint density at radius 2 is 2.08 bits per heavy atom. The van der Waals surface area contributed by atoms with Crippen molar-refractivity contribution in [3.05, 3.63) is 11.3 Å². The van der Waals surface area contributed by atoms with Crippen LogP contribution in [0.2, 0.25) is 0 Å². The van der Waals surface area contributed by atoms with Crippen molar-refractivity contribution < 1.29 is 33.8 Å². The Kier molecular flexibility index (Phi) is 5.24. The molecule has 2 unspecified atom stereocenters. The molecular formula is C16H20N2O7S. The maximum Gasteiger partial charge on any atom is 0.326 e. The second-order valence-electron chi connectivity index (χ2n) is 6.29. The van der Waals surface area contributed by atoms with Crippen molar-refractivity contribution in [2.45, 2.75) is 37.3 Å². The van der Waals surface area contributed by atoms with Crippen molar-refractivity contribution in [1.29, 1.82) is 0 Å². The minimum Gasteiger partial charge on any atom is -0.480 e. The second kappa shape index (κ2) is 7.28. The number of likely N-dealkylation sites (tertiary alicyclic amines) is 1. The van der Waals surface area contributed by atoms with E-state index in [2.05, 4.69) is 0 Å². The van der Waals surface area contributed by atoms with Crippen LogP contribution in [0.15, 0.2) is 11.3 Å². The van der Waals surface area contributed by atoms with Gasteiger partial charge in [0, 0.05) is 31.9 Å². The average Bonchev–Trinajstić information content (AvgIpc) is 3.09. The van der Waals surface area contributed by atoms with Crippen molar-refractivity contribution in [2.75, 3.05) is 26.0 Å². The maximum atomic E-state index is 13.1. The predicted molar refractivity (Wildman–Crippen MR) is 89.9 cm³/mol. The normalized spacial score (nSPS) is 27.9. The molecule has 3 atom stereocenters. The minimum atomic E-state index is -1.07. The first-order valence-electron chi connectivity index (χ1n) is 8.23. The van der Waals surface area contributed by atoms with Crippen molar-refractivity contribution in [3.8, 4) is 0 Å². The third-order valence-electron chi connectivity index (χ3n) is 4.70. The number of amides is 2. The average molecular weight is 384 g/mol. The zero-order valence-electron chi connectivity index (χ0n) is 14.5. The van der Waals surface area contributed by atoms with Crippen LogP contribution in [-0.2, 0) is 28.7 Å². The van der Waals surface area contributed by atoms with Crippen LogP contribution >= 0.6 is 11.8 Å². The van der Waals surface area contributed by atoms with Crippen LogP contribution in [0.3, 0.4) is 0 Å². The van der Waals surface area contributed by atoms with Crippen LogP contribution in [0.1, 0.15) is 19.8 Å². The summed E-state index contributed by atoms with van der Waals surface area (Å²) >= 11 is 1.42. The lowest BCUT2D eigenvalue weighted by molar-refractivity contribution is -0.161. The molecule has 0 aromatic carbocycles. The van der Waals surface area contributed by atoms with Crippen LogP contribution < -0.4 is 0 Å². The highest BCUT2D eigenvalue weighted by atomic mass is 32.2. The van der Waals surface area contributed by atoms with Crippen molar-refractivity contribution in [2.24, 2.45) is 0 Å². The molecule has 3 aliphatic heterocycles. The van der Waals surface area contributed by atoms with E-state index < -0.39 is 30.0 Å². The summed E-state index contributed by atoms with van der Waals surface area (Å²) in [5, 5.41) is 9.02. The fraction of sp³-hybridized carbons (Fsp3) is 0.625. The van der Waals surface area contributed by atoms with E-state index in [1.807, 2.05) is 0 Å². The van der Waals surface area contributed by atoms with E-state index in [0.717, 1.165) is 0 Å². The number of nitrogens with zero attached hydrogens (tertiary/aromatic N) is 2. The zero-order chi connectivity index (χ0) is 19.0. The van der Waals surface area contributed by atoms with Gasteiger partial charge in [-0.15, -0.1) is 11.8 Å². The molecule has 3 heterocycles. The van der Waals surface area contributed by atoms with E-state index in [4.69, 9.17) is 9.47 Å². The lowest BCUT2D eigenvalue weighted by Crippen LogP contribution is -2.66. The number of carboxylic acids is 1. The molecule has 0 radical (unpaired) electrons. The Bertz CT molecular complexity index is 692. The second-order valence-corrected chi connectivity index (χ2v) is 7.40. The van der Waals surface area contributed by atoms with E-state index in [1.54, 1.807) is 0 Å². The smallest absolute Gasteiger partial charge is 0.326 e. The molecule has 0 spiro atoms. The Hall–Kier alpha value is -2.07. The number of hydrogen-bond donors (Lipinski definition) is 1. The van der Waals surface area contributed by atoms with Gasteiger partial charge < -0.3 is 19.5 Å². The van der Waals surface area contributed by atoms with Crippen LogP contribution in [0.5, 0.6) is 0 Å². The monoisotopic (exact) mass is 384 g/mol. The molecule has 3 rings (SSSR count). The molecule has 2 fully saturated rings. The van der Waals surface area contributed by atoms with Crippen LogP contribution in [0.25, 0.3) is 0 Å². The highest BCUT2D eigenvalue weighted by Gasteiger charge is 2.55. The lowest BCUT2D eigenvalue weighted by atomic mass is 10.0. The summed E-state index contributed by atoms with van der Waals surface area (Å²) < 4.78 is 10.2. The first-order valence-corrected chi connectivity index (χ1v) is 9.28. The van der Waals surface area contributed by atoms with Gasteiger partial charge in [0.05, 0.1) is 0 Å². The van der Waals surface area contributed by atoms with E-state index >= 15 is 0 Å². The molecular weight excluding hydrogens is 364 g/mol. The molecule has 26 heavy (non-hydrogen) atoms. The number of carbonyl (C=O) groups is 4. The Morgan fingerprint density at radius 1 is 1.35 bits per heavy atom. The van der Waals surface area contributed by atoms with Crippen molar-refractivity contribution in [3.63, 3.8) is 0 Å². The number of carboxylic acid groups (broad SMARTS) is 1. The summed E-state index contributed by atoms with van der Waals surface area (Å²) in [6.07, 6.45) is 0.328. The van der Waals surface area contributed by atoms with Gasteiger partial charge in [-0.3, -0.25) is 19.3 Å². The third-order valence-corrected chi connectivity index (χ3v) is 6.02. The van der Waals surface area contributed by atoms with Crippen molar-refractivity contribution >= 4 is 35.5 Å². The largest absolute Gasteiger partial charge is 0.480 e. The van der Waals surface area contributed by atoms with Crippen LogP contribution in [0, 0.1) is 0 Å². The number of methoxy groups -OCH3 is 1. The van der Waals surface area contributed by atoms with E-state index in [1.165, 1.54) is 35.6 Å². The molecule has 2 saturated heterocycles. The summed E-state index contributed by atoms with van der Waals surface area (Å²) in [4.78, 5) is 50.8. The molecule has 0 aromatic heterocycles. The Morgan fingerprint density at radius 3 is 2.69 bits per heavy atom. The zero-order valence-corrected chi connectivity index (χ0v) is 15.3. The summed E-state index contributed by atoms with van der Waals surface area (Å²) in [6, 6.07) is -0.910. The van der Waals surface area contributed by atoms with Crippen molar-refractivity contribution in [1.82, 2.24) is 9.80 Å². The summed E-state index contributed by atoms with van der Waals surface area (Å²) in [7, 11) is 1.43. The topological polar surface area (TPSA) is 113 Å². The first kappa shape index (κ1) is 18.7. The number of rotatable bonds is 5. The van der Waals surface area contributed by atoms with Gasteiger partial charge in [-0.05, 0) is 12.8 Å². The van der Waals surface area contributed by atoms with Gasteiger partial charge in [0.25, 0.3) is 11.8 Å². The lowest BCUT2D eigenvalue weighted by Gasteiger charge is -2.49. The number of thioether (sulfide) groups is 1. The number of hydrogen-bond acceptors (Lipinski definition) is 7. The number of β-lactam (4-membered cyclic amide) rings is 1. The number of fused-ring (bicyclic) bond motifs is 1. The first-order chi connectivity index (χ1) is 12.4. The maximum absolute atomic E-state index is 13.1. The van der Waals surface area contributed by atoms with Crippen LogP contribution in [-0.4, -0.2) is 82.2 Å². The third kappa shape index (κ3) is 3.07. The van der Waals surface area contributed by atoms with E-state index in [9.17, 15) is 24.3 Å². The molecule has 2 amide bonds. The minimum absolute atomic E-state index is 0.108. The highest BCUT2D eigenvalue weighted by molar-refractivity contribution is 8.00. The molecule has 1 N–H and O–H groups in total. The molecule has 9 nitrogen and oxygen atoms in total. The highest BCUT2D eigenvalue weighted by Crippen LogP contribution is 2.42. The van der Waals surface area contributed by atoms with Gasteiger partial charge in [-0.2, -0.15) is 0 Å². The molecule has 0 aliphatic carbocycles. The Labute approximate surface area is 154 Å². The number of ether oxygens (including phenoxy) is 2. The standard InChI is InChI=1S/C16H20N2O7S/c1-8(19)25-6-9-7-26-15-12(24-2)14(21)18(15)11(9)13(20)17-5-3-4-10(17)16(22)23/h10,12,15H,3-7H2,1-2H3,(H,22,23)/t10-,12?,15?/m0/s1. The van der Waals surface area contributed by atoms with Gasteiger partial charge >= 0.3 is 11.9 Å². The molecule has 0 saturated carbocycles. The number of esters is 1. The summed E-state index contributed by atoms with van der Waals surface area (Å²) in [5.74, 6) is -2.02. The van der Waals surface area contributed by atoms with Gasteiger partial charge in [-0.25, -0.2) is 4.79 Å². The SMILES string of the molecule is COC1C(=O)N2C(C(=O)N3CCC[C@H]3C(=O)O)=C(COC(C)=O)CSC12. The van der Waals surface area contributed by atoms with E-state index in [0.29, 0.717) is 30.7 Å². The molecule has 0 aromatic rings. The molecule has 3 aliphatic rings. The fourth-order valence-corrected chi connectivity index (χ4v) is 4.79. The van der Waals surface area contributed by atoms with Gasteiger partial charge in [0.1, 0.15) is 23.7 Å². The molecule has 10 heteroatoms. The predicted octanol–water partition coefficient (Wildman–Crippen LogP) is -0.191. The van der Waals surface area contributed by atoms with Crippen LogP contribution in [0.4, 0.5) is 0 Å².